The average molecular weight is 224 g/mol. The van der Waals surface area contributed by atoms with Crippen LogP contribution < -0.4 is 0 Å². The Balaban J connectivity index is 2.04. The van der Waals surface area contributed by atoms with Gasteiger partial charge in [-0.25, -0.2) is 0 Å². The van der Waals surface area contributed by atoms with E-state index in [1.807, 2.05) is 0 Å². The van der Waals surface area contributed by atoms with Crippen LogP contribution in [0.2, 0.25) is 0 Å². The van der Waals surface area contributed by atoms with Crippen molar-refractivity contribution in [2.45, 2.75) is 57.5 Å². The molecule has 0 aromatic rings. The van der Waals surface area contributed by atoms with Crippen LogP contribution in [0.5, 0.6) is 0 Å². The maximum absolute atomic E-state index is 11.5. The predicted molar refractivity (Wildman–Crippen MR) is 58.9 cm³/mol. The molecule has 4 atom stereocenters. The predicted octanol–water partition coefficient (Wildman–Crippen LogP) is 2.18. The molecule has 16 heavy (non-hydrogen) atoms. The maximum Gasteiger partial charge on any atom is 0.309 e. The molecule has 0 amide bonds. The molecule has 0 radical (unpaired) electrons. The van der Waals surface area contributed by atoms with E-state index in [2.05, 4.69) is 6.92 Å². The molecule has 4 aliphatic carbocycles. The van der Waals surface area contributed by atoms with Crippen molar-refractivity contribution in [2.24, 2.45) is 16.7 Å². The summed E-state index contributed by atoms with van der Waals surface area (Å²) >= 11 is 0. The van der Waals surface area contributed by atoms with Crippen molar-refractivity contribution in [3.63, 3.8) is 0 Å². The Morgan fingerprint density at radius 2 is 2.00 bits per heavy atom. The van der Waals surface area contributed by atoms with Gasteiger partial charge in [0.2, 0.25) is 0 Å². The summed E-state index contributed by atoms with van der Waals surface area (Å²) in [7, 11) is 0. The fourth-order valence-corrected chi connectivity index (χ4v) is 5.22. The van der Waals surface area contributed by atoms with Crippen molar-refractivity contribution < 1.29 is 15.0 Å². The van der Waals surface area contributed by atoms with Gasteiger partial charge in [-0.2, -0.15) is 0 Å². The molecule has 0 heterocycles. The highest BCUT2D eigenvalue weighted by Crippen LogP contribution is 2.67. The molecule has 2 N–H and O–H groups in total. The molecule has 3 heteroatoms. The van der Waals surface area contributed by atoms with E-state index in [1.54, 1.807) is 0 Å². The van der Waals surface area contributed by atoms with Crippen LogP contribution in [-0.4, -0.2) is 21.8 Å². The fourth-order valence-electron chi connectivity index (χ4n) is 5.22. The van der Waals surface area contributed by atoms with Gasteiger partial charge in [0.05, 0.1) is 11.0 Å². The van der Waals surface area contributed by atoms with Crippen LogP contribution >= 0.6 is 0 Å². The topological polar surface area (TPSA) is 57.5 Å². The van der Waals surface area contributed by atoms with E-state index < -0.39 is 17.0 Å². The fraction of sp³-hybridized carbons (Fsp3) is 0.923. The van der Waals surface area contributed by atoms with Gasteiger partial charge in [0, 0.05) is 0 Å². The first-order valence-electron chi connectivity index (χ1n) is 6.37. The van der Waals surface area contributed by atoms with Crippen molar-refractivity contribution in [3.8, 4) is 0 Å². The molecule has 4 fully saturated rings. The molecule has 4 aliphatic rings. The second kappa shape index (κ2) is 2.81. The van der Waals surface area contributed by atoms with Crippen molar-refractivity contribution in [3.05, 3.63) is 0 Å². The highest BCUT2D eigenvalue weighted by Gasteiger charge is 2.64. The van der Waals surface area contributed by atoms with Gasteiger partial charge in [-0.15, -0.1) is 0 Å². The molecular weight excluding hydrogens is 204 g/mol. The number of carboxylic acid groups (broad SMARTS) is 1. The molecule has 4 unspecified atom stereocenters. The Morgan fingerprint density at radius 1 is 1.25 bits per heavy atom. The zero-order valence-corrected chi connectivity index (χ0v) is 9.83. The van der Waals surface area contributed by atoms with Crippen LogP contribution in [0.25, 0.3) is 0 Å². The zero-order valence-electron chi connectivity index (χ0n) is 9.83. The monoisotopic (exact) mass is 224 g/mol. The van der Waals surface area contributed by atoms with E-state index in [9.17, 15) is 15.0 Å². The summed E-state index contributed by atoms with van der Waals surface area (Å²) < 4.78 is 0. The lowest BCUT2D eigenvalue weighted by Crippen LogP contribution is -2.62. The van der Waals surface area contributed by atoms with Gasteiger partial charge in [-0.05, 0) is 49.9 Å². The third kappa shape index (κ3) is 1.21. The zero-order chi connectivity index (χ0) is 11.6. The van der Waals surface area contributed by atoms with Gasteiger partial charge in [-0.3, -0.25) is 4.79 Å². The van der Waals surface area contributed by atoms with Crippen molar-refractivity contribution in [2.75, 3.05) is 0 Å². The SMILES string of the molecule is CCC12CC3CC(O)(C1)CC(C(=O)O)(C3)C2. The maximum atomic E-state index is 11.5. The normalized spacial score (nSPS) is 54.2. The minimum absolute atomic E-state index is 0.118. The lowest BCUT2D eigenvalue weighted by molar-refractivity contribution is -0.213. The van der Waals surface area contributed by atoms with Gasteiger partial charge in [0.25, 0.3) is 0 Å². The van der Waals surface area contributed by atoms with E-state index in [-0.39, 0.29) is 5.41 Å². The van der Waals surface area contributed by atoms with Gasteiger partial charge >= 0.3 is 5.97 Å². The summed E-state index contributed by atoms with van der Waals surface area (Å²) in [5, 5.41) is 20.0. The van der Waals surface area contributed by atoms with E-state index in [4.69, 9.17) is 0 Å². The van der Waals surface area contributed by atoms with Crippen LogP contribution in [0.4, 0.5) is 0 Å². The van der Waals surface area contributed by atoms with Crippen LogP contribution in [0.3, 0.4) is 0 Å². The van der Waals surface area contributed by atoms with Crippen LogP contribution in [0.15, 0.2) is 0 Å². The lowest BCUT2D eigenvalue weighted by Gasteiger charge is -2.63. The van der Waals surface area contributed by atoms with E-state index in [0.717, 1.165) is 38.5 Å². The smallest absolute Gasteiger partial charge is 0.309 e. The molecule has 4 rings (SSSR count). The van der Waals surface area contributed by atoms with Crippen molar-refractivity contribution in [1.82, 2.24) is 0 Å². The number of carbonyl (C=O) groups is 1. The summed E-state index contributed by atoms with van der Waals surface area (Å²) in [5.41, 5.74) is -1.16. The second-order valence-electron chi connectivity index (χ2n) is 6.67. The Labute approximate surface area is 95.9 Å². The van der Waals surface area contributed by atoms with Gasteiger partial charge < -0.3 is 10.2 Å². The van der Waals surface area contributed by atoms with Crippen molar-refractivity contribution >= 4 is 5.97 Å². The summed E-state index contributed by atoms with van der Waals surface area (Å²) in [6, 6.07) is 0. The Bertz CT molecular complexity index is 353. The highest BCUT2D eigenvalue weighted by atomic mass is 16.4. The van der Waals surface area contributed by atoms with Gasteiger partial charge in [0.1, 0.15) is 0 Å². The number of hydrogen-bond donors (Lipinski definition) is 2. The molecule has 3 nitrogen and oxygen atoms in total. The molecule has 0 spiro atoms. The number of rotatable bonds is 2. The van der Waals surface area contributed by atoms with Crippen molar-refractivity contribution in [1.29, 1.82) is 0 Å². The summed E-state index contributed by atoms with van der Waals surface area (Å²) in [4.78, 5) is 11.5. The van der Waals surface area contributed by atoms with E-state index in [0.29, 0.717) is 12.3 Å². The highest BCUT2D eigenvalue weighted by molar-refractivity contribution is 5.75. The molecule has 90 valence electrons. The first kappa shape index (κ1) is 10.6. The van der Waals surface area contributed by atoms with E-state index in [1.165, 1.54) is 0 Å². The standard InChI is InChI=1S/C13H20O3/c1-2-11-3-9-4-12(6-11,10(14)15)8-13(16,5-9)7-11/h9,16H,2-8H2,1H3,(H,14,15). The quantitative estimate of drug-likeness (QED) is 0.756. The molecule has 0 aliphatic heterocycles. The molecule has 0 aromatic carbocycles. The average Bonchev–Trinajstić information content (AvgIpc) is 2.13. The lowest BCUT2D eigenvalue weighted by atomic mass is 9.42. The van der Waals surface area contributed by atoms with Crippen LogP contribution in [-0.2, 0) is 4.79 Å². The molecular formula is C13H20O3. The van der Waals surface area contributed by atoms with Gasteiger partial charge in [-0.1, -0.05) is 13.3 Å². The Hall–Kier alpha value is -0.570. The third-order valence-electron chi connectivity index (χ3n) is 5.36. The molecule has 0 saturated heterocycles. The second-order valence-corrected chi connectivity index (χ2v) is 6.67. The largest absolute Gasteiger partial charge is 0.481 e. The van der Waals surface area contributed by atoms with Gasteiger partial charge in [0.15, 0.2) is 0 Å². The number of carboxylic acids is 1. The summed E-state index contributed by atoms with van der Waals surface area (Å²) in [5.74, 6) is -0.231. The summed E-state index contributed by atoms with van der Waals surface area (Å²) in [6.45, 7) is 2.14. The molecule has 0 aromatic heterocycles. The Kier molecular flexibility index (Phi) is 1.86. The minimum atomic E-state index is -0.673. The Morgan fingerprint density at radius 3 is 2.56 bits per heavy atom. The molecule has 4 saturated carbocycles. The number of aliphatic hydroxyl groups is 1. The molecule has 4 bridgehead atoms. The number of aliphatic carboxylic acids is 1. The third-order valence-corrected chi connectivity index (χ3v) is 5.36. The van der Waals surface area contributed by atoms with E-state index >= 15 is 0 Å². The minimum Gasteiger partial charge on any atom is -0.481 e. The summed E-state index contributed by atoms with van der Waals surface area (Å²) in [6.07, 6.45) is 5.91. The first-order valence-corrected chi connectivity index (χ1v) is 6.37. The van der Waals surface area contributed by atoms with Crippen LogP contribution in [0.1, 0.15) is 51.9 Å². The first-order chi connectivity index (χ1) is 7.41. The number of hydrogen-bond acceptors (Lipinski definition) is 2. The van der Waals surface area contributed by atoms with Crippen LogP contribution in [0, 0.1) is 16.7 Å².